The van der Waals surface area contributed by atoms with Crippen LogP contribution in [0.4, 0.5) is 0 Å². The van der Waals surface area contributed by atoms with Crippen molar-refractivity contribution >= 4 is 5.97 Å². The van der Waals surface area contributed by atoms with Gasteiger partial charge in [-0.15, -0.1) is 0 Å². The molecule has 1 aromatic carbocycles. The Balaban J connectivity index is 2.59. The van der Waals surface area contributed by atoms with Gasteiger partial charge in [-0.25, -0.2) is 0 Å². The molecular formula is C16H26N2O2. The van der Waals surface area contributed by atoms with Gasteiger partial charge in [0.1, 0.15) is 6.04 Å². The number of hydrogen-bond acceptors (Lipinski definition) is 3. The van der Waals surface area contributed by atoms with Crippen LogP contribution in [0, 0.1) is 0 Å². The smallest absolute Gasteiger partial charge is 0.325 e. The van der Waals surface area contributed by atoms with Crippen LogP contribution in [0.1, 0.15) is 39.3 Å². The molecule has 0 bridgehead atoms. The van der Waals surface area contributed by atoms with E-state index in [1.54, 1.807) is 0 Å². The first-order valence-corrected chi connectivity index (χ1v) is 7.20. The maximum absolute atomic E-state index is 11.4. The molecule has 4 nitrogen and oxygen atoms in total. The molecule has 0 aliphatic rings. The molecule has 0 saturated carbocycles. The molecule has 0 aliphatic heterocycles. The molecular weight excluding hydrogens is 252 g/mol. The Morgan fingerprint density at radius 3 is 2.15 bits per heavy atom. The van der Waals surface area contributed by atoms with E-state index < -0.39 is 12.0 Å². The molecule has 0 spiro atoms. The summed E-state index contributed by atoms with van der Waals surface area (Å²) in [5, 5.41) is 12.5. The molecule has 0 heterocycles. The first kappa shape index (κ1) is 16.7. The number of nitrogens with zero attached hydrogens (tertiary/aromatic N) is 1. The lowest BCUT2D eigenvalue weighted by molar-refractivity contribution is -0.139. The summed E-state index contributed by atoms with van der Waals surface area (Å²) in [4.78, 5) is 13.7. The predicted molar refractivity (Wildman–Crippen MR) is 81.8 cm³/mol. The van der Waals surface area contributed by atoms with E-state index in [0.29, 0.717) is 18.6 Å². The van der Waals surface area contributed by atoms with Gasteiger partial charge in [-0.1, -0.05) is 30.3 Å². The fourth-order valence-electron chi connectivity index (χ4n) is 2.44. The lowest BCUT2D eigenvalue weighted by Gasteiger charge is -2.31. The molecule has 2 N–H and O–H groups in total. The minimum Gasteiger partial charge on any atom is -0.480 e. The van der Waals surface area contributed by atoms with Crippen molar-refractivity contribution in [2.45, 2.75) is 45.8 Å². The van der Waals surface area contributed by atoms with Gasteiger partial charge in [0.05, 0.1) is 0 Å². The van der Waals surface area contributed by atoms with Gasteiger partial charge < -0.3 is 5.11 Å². The second-order valence-electron chi connectivity index (χ2n) is 5.56. The van der Waals surface area contributed by atoms with E-state index in [2.05, 4.69) is 37.9 Å². The van der Waals surface area contributed by atoms with Crippen molar-refractivity contribution in [3.63, 3.8) is 0 Å². The summed E-state index contributed by atoms with van der Waals surface area (Å²) in [6.45, 7) is 10.1. The number of hydrogen-bond donors (Lipinski definition) is 2. The Morgan fingerprint density at radius 1 is 1.15 bits per heavy atom. The van der Waals surface area contributed by atoms with Gasteiger partial charge in [0.25, 0.3) is 0 Å². The van der Waals surface area contributed by atoms with Crippen LogP contribution < -0.4 is 5.32 Å². The SMILES string of the molecule is CC(C)N(CCNC(C(=O)O)c1ccccc1)C(C)C. The normalized spacial score (nSPS) is 13.2. The number of aliphatic carboxylic acids is 1. The monoisotopic (exact) mass is 278 g/mol. The quantitative estimate of drug-likeness (QED) is 0.767. The third-order valence-corrected chi connectivity index (χ3v) is 3.42. The summed E-state index contributed by atoms with van der Waals surface area (Å²) >= 11 is 0. The van der Waals surface area contributed by atoms with Gasteiger partial charge >= 0.3 is 5.97 Å². The molecule has 0 aromatic heterocycles. The van der Waals surface area contributed by atoms with Crippen LogP contribution in [0.3, 0.4) is 0 Å². The van der Waals surface area contributed by atoms with Crippen LogP contribution in [-0.4, -0.2) is 41.1 Å². The highest BCUT2D eigenvalue weighted by Crippen LogP contribution is 2.12. The van der Waals surface area contributed by atoms with Crippen LogP contribution >= 0.6 is 0 Å². The Kier molecular flexibility index (Phi) is 6.68. The number of carboxylic acids is 1. The van der Waals surface area contributed by atoms with E-state index in [0.717, 1.165) is 12.1 Å². The molecule has 0 radical (unpaired) electrons. The second-order valence-corrected chi connectivity index (χ2v) is 5.56. The molecule has 1 rings (SSSR count). The molecule has 0 aliphatic carbocycles. The van der Waals surface area contributed by atoms with Crippen molar-refractivity contribution in [3.8, 4) is 0 Å². The largest absolute Gasteiger partial charge is 0.480 e. The van der Waals surface area contributed by atoms with E-state index in [1.807, 2.05) is 30.3 Å². The zero-order valence-electron chi connectivity index (χ0n) is 12.8. The summed E-state index contributed by atoms with van der Waals surface area (Å²) in [6.07, 6.45) is 0. The number of carboxylic acid groups (broad SMARTS) is 1. The van der Waals surface area contributed by atoms with Gasteiger partial charge in [-0.2, -0.15) is 0 Å². The van der Waals surface area contributed by atoms with Gasteiger partial charge in [0, 0.05) is 25.2 Å². The predicted octanol–water partition coefficient (Wildman–Crippen LogP) is 2.52. The van der Waals surface area contributed by atoms with Crippen LogP contribution in [0.25, 0.3) is 0 Å². The topological polar surface area (TPSA) is 52.6 Å². The van der Waals surface area contributed by atoms with Crippen molar-refractivity contribution in [1.82, 2.24) is 10.2 Å². The Morgan fingerprint density at radius 2 is 1.70 bits per heavy atom. The van der Waals surface area contributed by atoms with E-state index in [4.69, 9.17) is 0 Å². The first-order chi connectivity index (χ1) is 9.43. The zero-order chi connectivity index (χ0) is 15.1. The summed E-state index contributed by atoms with van der Waals surface area (Å²) in [7, 11) is 0. The molecule has 1 unspecified atom stereocenters. The summed E-state index contributed by atoms with van der Waals surface area (Å²) in [6, 6.07) is 9.57. The van der Waals surface area contributed by atoms with E-state index in [-0.39, 0.29) is 0 Å². The van der Waals surface area contributed by atoms with Crippen LogP contribution in [0.2, 0.25) is 0 Å². The number of nitrogens with one attached hydrogen (secondary N) is 1. The summed E-state index contributed by atoms with van der Waals surface area (Å²) in [5.41, 5.74) is 0.792. The molecule has 0 amide bonds. The summed E-state index contributed by atoms with van der Waals surface area (Å²) < 4.78 is 0. The average molecular weight is 278 g/mol. The minimum absolute atomic E-state index is 0.455. The molecule has 112 valence electrons. The lowest BCUT2D eigenvalue weighted by Crippen LogP contribution is -2.42. The third kappa shape index (κ3) is 4.94. The highest BCUT2D eigenvalue weighted by atomic mass is 16.4. The average Bonchev–Trinajstić information content (AvgIpc) is 2.38. The molecule has 1 atom stereocenters. The highest BCUT2D eigenvalue weighted by molar-refractivity contribution is 5.75. The Hall–Kier alpha value is -1.39. The molecule has 0 fully saturated rings. The molecule has 0 saturated heterocycles. The second kappa shape index (κ2) is 8.02. The third-order valence-electron chi connectivity index (χ3n) is 3.42. The van der Waals surface area contributed by atoms with Crippen molar-refractivity contribution in [3.05, 3.63) is 35.9 Å². The highest BCUT2D eigenvalue weighted by Gasteiger charge is 2.19. The maximum Gasteiger partial charge on any atom is 0.325 e. The molecule has 20 heavy (non-hydrogen) atoms. The standard InChI is InChI=1S/C16H26N2O2/c1-12(2)18(13(3)4)11-10-17-15(16(19)20)14-8-6-5-7-9-14/h5-9,12-13,15,17H,10-11H2,1-4H3,(H,19,20). The van der Waals surface area contributed by atoms with Crippen LogP contribution in [0.15, 0.2) is 30.3 Å². The fourth-order valence-corrected chi connectivity index (χ4v) is 2.44. The summed E-state index contributed by atoms with van der Waals surface area (Å²) in [5.74, 6) is -0.836. The first-order valence-electron chi connectivity index (χ1n) is 7.20. The number of benzene rings is 1. The van der Waals surface area contributed by atoms with E-state index >= 15 is 0 Å². The van der Waals surface area contributed by atoms with Crippen molar-refractivity contribution in [2.75, 3.05) is 13.1 Å². The maximum atomic E-state index is 11.4. The number of rotatable bonds is 8. The van der Waals surface area contributed by atoms with Gasteiger partial charge in [-0.3, -0.25) is 15.0 Å². The Labute approximate surface area is 121 Å². The Bertz CT molecular complexity index is 396. The zero-order valence-corrected chi connectivity index (χ0v) is 12.8. The molecule has 1 aromatic rings. The fraction of sp³-hybridized carbons (Fsp3) is 0.562. The van der Waals surface area contributed by atoms with Gasteiger partial charge in [0.15, 0.2) is 0 Å². The van der Waals surface area contributed by atoms with E-state index in [1.165, 1.54) is 0 Å². The van der Waals surface area contributed by atoms with Crippen LogP contribution in [-0.2, 0) is 4.79 Å². The number of carbonyl (C=O) groups is 1. The molecule has 4 heteroatoms. The minimum atomic E-state index is -0.836. The van der Waals surface area contributed by atoms with Gasteiger partial charge in [0.2, 0.25) is 0 Å². The van der Waals surface area contributed by atoms with Crippen LogP contribution in [0.5, 0.6) is 0 Å². The van der Waals surface area contributed by atoms with Crippen molar-refractivity contribution in [1.29, 1.82) is 0 Å². The van der Waals surface area contributed by atoms with E-state index in [9.17, 15) is 9.90 Å². The van der Waals surface area contributed by atoms with Crippen molar-refractivity contribution < 1.29 is 9.90 Å². The van der Waals surface area contributed by atoms with Crippen molar-refractivity contribution in [2.24, 2.45) is 0 Å². The van der Waals surface area contributed by atoms with Gasteiger partial charge in [-0.05, 0) is 33.3 Å². The lowest BCUT2D eigenvalue weighted by atomic mass is 10.1.